The van der Waals surface area contributed by atoms with Crippen molar-refractivity contribution < 1.29 is 48.6 Å². The minimum absolute atomic E-state index is 0.235. The highest BCUT2D eigenvalue weighted by Gasteiger charge is 2.41. The van der Waals surface area contributed by atoms with Crippen molar-refractivity contribution in [2.45, 2.75) is 19.2 Å². The lowest BCUT2D eigenvalue weighted by Crippen LogP contribution is -2.25. The zero-order valence-corrected chi connectivity index (χ0v) is 19.0. The Morgan fingerprint density at radius 1 is 0.553 bits per heavy atom. The highest BCUT2D eigenvalue weighted by atomic mass is 19.4. The largest absolute Gasteiger partial charge is 0.432 e. The smallest absolute Gasteiger partial charge is 0.429 e. The molecule has 0 aromatic heterocycles. The number of rotatable bonds is 5. The predicted octanol–water partition coefficient (Wildman–Crippen LogP) is 9.17. The molecule has 0 N–H and O–H groups in total. The maximum atomic E-state index is 14.7. The van der Waals surface area contributed by atoms with Gasteiger partial charge < -0.3 is 4.74 Å². The van der Waals surface area contributed by atoms with Gasteiger partial charge in [-0.1, -0.05) is 18.2 Å². The summed E-state index contributed by atoms with van der Waals surface area (Å²) in [4.78, 5) is 0. The van der Waals surface area contributed by atoms with Crippen LogP contribution in [-0.4, -0.2) is 0 Å². The van der Waals surface area contributed by atoms with Crippen molar-refractivity contribution in [3.8, 4) is 28.0 Å². The van der Waals surface area contributed by atoms with Crippen LogP contribution in [0, 0.1) is 36.0 Å². The first kappa shape index (κ1) is 27.0. The summed E-state index contributed by atoms with van der Waals surface area (Å²) >= 11 is 0. The first-order valence-corrected chi connectivity index (χ1v) is 10.7. The van der Waals surface area contributed by atoms with Crippen LogP contribution in [0.2, 0.25) is 0 Å². The normalized spacial score (nSPS) is 12.1. The van der Waals surface area contributed by atoms with E-state index in [-0.39, 0.29) is 16.7 Å². The van der Waals surface area contributed by atoms with Crippen LogP contribution in [0.5, 0.6) is 5.75 Å². The molecule has 0 bridgehead atoms. The quantitative estimate of drug-likeness (QED) is 0.228. The van der Waals surface area contributed by atoms with E-state index in [9.17, 15) is 43.9 Å². The maximum absolute atomic E-state index is 14.7. The molecule has 0 amide bonds. The van der Waals surface area contributed by atoms with Gasteiger partial charge in [-0.3, -0.25) is 0 Å². The van der Waals surface area contributed by atoms with E-state index in [0.717, 1.165) is 24.3 Å². The molecule has 0 fully saturated rings. The Kier molecular flexibility index (Phi) is 6.90. The van der Waals surface area contributed by atoms with Gasteiger partial charge in [0.25, 0.3) is 0 Å². The highest BCUT2D eigenvalue weighted by Crippen LogP contribution is 2.39. The van der Waals surface area contributed by atoms with E-state index in [4.69, 9.17) is 0 Å². The Balaban J connectivity index is 1.63. The van der Waals surface area contributed by atoms with Gasteiger partial charge in [-0.05, 0) is 66.1 Å². The lowest BCUT2D eigenvalue weighted by Gasteiger charge is -2.20. The van der Waals surface area contributed by atoms with Crippen molar-refractivity contribution in [1.82, 2.24) is 0 Å². The van der Waals surface area contributed by atoms with E-state index >= 15 is 0 Å². The molecule has 0 radical (unpaired) electrons. The van der Waals surface area contributed by atoms with Gasteiger partial charge in [-0.15, -0.1) is 0 Å². The number of alkyl halides is 5. The van der Waals surface area contributed by atoms with Crippen LogP contribution in [0.1, 0.15) is 16.7 Å². The molecule has 4 rings (SSSR count). The van der Waals surface area contributed by atoms with Gasteiger partial charge in [0.15, 0.2) is 0 Å². The molecule has 4 aromatic rings. The molecule has 0 heterocycles. The topological polar surface area (TPSA) is 9.23 Å². The Labute approximate surface area is 208 Å². The van der Waals surface area contributed by atoms with Gasteiger partial charge in [0.1, 0.15) is 40.4 Å². The van der Waals surface area contributed by atoms with Crippen molar-refractivity contribution in [1.29, 1.82) is 0 Å². The van der Waals surface area contributed by atoms with Gasteiger partial charge in [0.05, 0.1) is 5.56 Å². The van der Waals surface area contributed by atoms with Gasteiger partial charge >= 0.3 is 12.3 Å². The number of halogens is 10. The van der Waals surface area contributed by atoms with E-state index in [1.54, 1.807) is 6.92 Å². The van der Waals surface area contributed by atoms with Gasteiger partial charge in [0, 0.05) is 17.2 Å². The first-order chi connectivity index (χ1) is 17.7. The lowest BCUT2D eigenvalue weighted by atomic mass is 10.0. The molecule has 198 valence electrons. The molecular formula is C27H14F10O. The number of ether oxygens (including phenoxy) is 1. The summed E-state index contributed by atoms with van der Waals surface area (Å²) in [5.41, 5.74) is -4.25. The van der Waals surface area contributed by atoms with Crippen LogP contribution in [0.25, 0.3) is 22.3 Å². The number of benzene rings is 4. The number of aryl methyl sites for hydroxylation is 1. The number of hydrogen-bond donors (Lipinski definition) is 0. The van der Waals surface area contributed by atoms with Gasteiger partial charge in [-0.25, -0.2) is 22.0 Å². The second-order valence-corrected chi connectivity index (χ2v) is 8.25. The number of hydrogen-bond acceptors (Lipinski definition) is 1. The standard InChI is InChI=1S/C27H14F10O/c1-13-2-5-18(20(28)8-13)15-10-23(31)25(24(32)11-15)27(36,37)38-16-4-6-17(21(29)12-16)14-3-7-19(22(30)9-14)26(33,34)35/h2-12H,1H3. The van der Waals surface area contributed by atoms with E-state index in [2.05, 4.69) is 4.74 Å². The Bertz CT molecular complexity index is 1500. The minimum Gasteiger partial charge on any atom is -0.429 e. The Hall–Kier alpha value is -4.02. The SMILES string of the molecule is Cc1ccc(-c2cc(F)c(C(F)(F)Oc3ccc(-c4ccc(C(F)(F)F)c(F)c4)c(F)c3)c(F)c2)c(F)c1. The molecule has 0 atom stereocenters. The van der Waals surface area contributed by atoms with Crippen molar-refractivity contribution in [2.24, 2.45) is 0 Å². The van der Waals surface area contributed by atoms with Crippen LogP contribution >= 0.6 is 0 Å². The van der Waals surface area contributed by atoms with Crippen molar-refractivity contribution in [3.05, 3.63) is 113 Å². The van der Waals surface area contributed by atoms with Crippen LogP contribution in [-0.2, 0) is 12.3 Å². The molecule has 0 saturated heterocycles. The van der Waals surface area contributed by atoms with E-state index in [1.807, 2.05) is 0 Å². The predicted molar refractivity (Wildman–Crippen MR) is 118 cm³/mol. The van der Waals surface area contributed by atoms with E-state index < -0.39 is 63.8 Å². The zero-order chi connectivity index (χ0) is 28.0. The first-order valence-electron chi connectivity index (χ1n) is 10.7. The summed E-state index contributed by atoms with van der Waals surface area (Å²) in [6.07, 6.45) is -9.64. The van der Waals surface area contributed by atoms with Crippen molar-refractivity contribution in [3.63, 3.8) is 0 Å². The Morgan fingerprint density at radius 3 is 1.66 bits per heavy atom. The average Bonchev–Trinajstić information content (AvgIpc) is 2.77. The van der Waals surface area contributed by atoms with Crippen LogP contribution < -0.4 is 4.74 Å². The third kappa shape index (κ3) is 5.32. The molecular weight excluding hydrogens is 530 g/mol. The molecule has 11 heteroatoms. The lowest BCUT2D eigenvalue weighted by molar-refractivity contribution is -0.189. The van der Waals surface area contributed by atoms with Crippen molar-refractivity contribution >= 4 is 0 Å². The fourth-order valence-electron chi connectivity index (χ4n) is 3.77. The van der Waals surface area contributed by atoms with Crippen molar-refractivity contribution in [2.75, 3.05) is 0 Å². The van der Waals surface area contributed by atoms with E-state index in [1.165, 1.54) is 12.1 Å². The summed E-state index contributed by atoms with van der Waals surface area (Å²) in [5.74, 6) is -8.21. The second kappa shape index (κ2) is 9.70. The summed E-state index contributed by atoms with van der Waals surface area (Å²) in [6, 6.07) is 8.31. The fraction of sp³-hybridized carbons (Fsp3) is 0.111. The molecule has 0 unspecified atom stereocenters. The summed E-state index contributed by atoms with van der Waals surface area (Å²) in [7, 11) is 0. The summed E-state index contributed by atoms with van der Waals surface area (Å²) in [6.45, 7) is 1.58. The molecule has 1 nitrogen and oxygen atoms in total. The third-order valence-corrected chi connectivity index (χ3v) is 5.54. The molecule has 0 aliphatic carbocycles. The Morgan fingerprint density at radius 2 is 1.11 bits per heavy atom. The summed E-state index contributed by atoms with van der Waals surface area (Å²) in [5, 5.41) is 0. The maximum Gasteiger partial charge on any atom is 0.432 e. The van der Waals surface area contributed by atoms with Crippen LogP contribution in [0.3, 0.4) is 0 Å². The van der Waals surface area contributed by atoms with E-state index in [0.29, 0.717) is 35.9 Å². The minimum atomic E-state index is -4.98. The van der Waals surface area contributed by atoms with Crippen LogP contribution in [0.4, 0.5) is 43.9 Å². The summed E-state index contributed by atoms with van der Waals surface area (Å²) < 4.78 is 144. The van der Waals surface area contributed by atoms with Gasteiger partial charge in [-0.2, -0.15) is 22.0 Å². The zero-order valence-electron chi connectivity index (χ0n) is 19.0. The monoisotopic (exact) mass is 544 g/mol. The van der Waals surface area contributed by atoms with Gasteiger partial charge in [0.2, 0.25) is 0 Å². The average molecular weight is 544 g/mol. The molecule has 0 aliphatic rings. The highest BCUT2D eigenvalue weighted by molar-refractivity contribution is 5.66. The van der Waals surface area contributed by atoms with Crippen LogP contribution in [0.15, 0.2) is 66.7 Å². The molecule has 0 saturated carbocycles. The molecule has 0 aliphatic heterocycles. The fourth-order valence-corrected chi connectivity index (χ4v) is 3.77. The third-order valence-electron chi connectivity index (χ3n) is 5.54. The molecule has 4 aromatic carbocycles. The molecule has 38 heavy (non-hydrogen) atoms. The second-order valence-electron chi connectivity index (χ2n) is 8.25. The molecule has 0 spiro atoms.